The summed E-state index contributed by atoms with van der Waals surface area (Å²) in [6.07, 6.45) is 0. The molecule has 1 aromatic rings. The lowest BCUT2D eigenvalue weighted by Crippen LogP contribution is -2.49. The SMILES string of the molecule is Cc1c(Cl)cccc1C(=O)N1CCN(CCO)CC1. The molecule has 1 amide bonds. The molecule has 104 valence electrons. The summed E-state index contributed by atoms with van der Waals surface area (Å²) in [5, 5.41) is 9.53. The summed E-state index contributed by atoms with van der Waals surface area (Å²) in [4.78, 5) is 16.5. The van der Waals surface area contributed by atoms with Crippen molar-refractivity contribution in [1.82, 2.24) is 9.80 Å². The van der Waals surface area contributed by atoms with Crippen molar-refractivity contribution in [3.63, 3.8) is 0 Å². The highest BCUT2D eigenvalue weighted by atomic mass is 35.5. The molecule has 0 spiro atoms. The van der Waals surface area contributed by atoms with Crippen LogP contribution in [0.2, 0.25) is 5.02 Å². The van der Waals surface area contributed by atoms with Crippen molar-refractivity contribution in [2.75, 3.05) is 39.3 Å². The third-order valence-corrected chi connectivity index (χ3v) is 3.98. The van der Waals surface area contributed by atoms with Crippen LogP contribution in [0.1, 0.15) is 15.9 Å². The molecule has 0 aliphatic carbocycles. The molecule has 1 fully saturated rings. The summed E-state index contributed by atoms with van der Waals surface area (Å²) < 4.78 is 0. The van der Waals surface area contributed by atoms with Crippen molar-refractivity contribution in [3.05, 3.63) is 34.3 Å². The quantitative estimate of drug-likeness (QED) is 0.911. The van der Waals surface area contributed by atoms with E-state index in [1.165, 1.54) is 0 Å². The lowest BCUT2D eigenvalue weighted by atomic mass is 10.1. The van der Waals surface area contributed by atoms with E-state index in [1.54, 1.807) is 6.07 Å². The van der Waals surface area contributed by atoms with Crippen LogP contribution in [0.3, 0.4) is 0 Å². The van der Waals surface area contributed by atoms with Crippen LogP contribution in [0.5, 0.6) is 0 Å². The van der Waals surface area contributed by atoms with Crippen molar-refractivity contribution >= 4 is 17.5 Å². The number of rotatable bonds is 3. The first kappa shape index (κ1) is 14.3. The zero-order valence-electron chi connectivity index (χ0n) is 11.1. The van der Waals surface area contributed by atoms with Gasteiger partial charge < -0.3 is 10.0 Å². The van der Waals surface area contributed by atoms with Crippen LogP contribution in [0, 0.1) is 6.92 Å². The van der Waals surface area contributed by atoms with E-state index in [0.717, 1.165) is 18.7 Å². The molecule has 1 aliphatic rings. The lowest BCUT2D eigenvalue weighted by Gasteiger charge is -2.34. The zero-order chi connectivity index (χ0) is 13.8. The number of benzene rings is 1. The molecule has 0 aromatic heterocycles. The molecule has 1 N–H and O–H groups in total. The molecule has 1 saturated heterocycles. The maximum atomic E-state index is 12.4. The molecular weight excluding hydrogens is 264 g/mol. The highest BCUT2D eigenvalue weighted by Crippen LogP contribution is 2.20. The second-order valence-electron chi connectivity index (χ2n) is 4.77. The van der Waals surface area contributed by atoms with Gasteiger partial charge in [-0.2, -0.15) is 0 Å². The minimum Gasteiger partial charge on any atom is -0.395 e. The number of aliphatic hydroxyl groups is 1. The third kappa shape index (κ3) is 3.26. The molecule has 2 rings (SSSR count). The van der Waals surface area contributed by atoms with Gasteiger partial charge in [0.1, 0.15) is 0 Å². The van der Waals surface area contributed by atoms with E-state index in [9.17, 15) is 4.79 Å². The minimum atomic E-state index is 0.0450. The second kappa shape index (κ2) is 6.37. The van der Waals surface area contributed by atoms with Gasteiger partial charge in [0, 0.05) is 43.3 Å². The van der Waals surface area contributed by atoms with E-state index in [0.29, 0.717) is 30.2 Å². The number of carbonyl (C=O) groups excluding carboxylic acids is 1. The molecule has 0 bridgehead atoms. The van der Waals surface area contributed by atoms with Crippen molar-refractivity contribution in [3.8, 4) is 0 Å². The summed E-state index contributed by atoms with van der Waals surface area (Å²) >= 11 is 6.05. The fraction of sp³-hybridized carbons (Fsp3) is 0.500. The number of nitrogens with zero attached hydrogens (tertiary/aromatic N) is 2. The van der Waals surface area contributed by atoms with Crippen molar-refractivity contribution in [1.29, 1.82) is 0 Å². The molecule has 0 atom stereocenters. The summed E-state index contributed by atoms with van der Waals surface area (Å²) in [5.74, 6) is 0.0450. The number of hydrogen-bond acceptors (Lipinski definition) is 3. The van der Waals surface area contributed by atoms with Gasteiger partial charge in [0.05, 0.1) is 6.61 Å². The van der Waals surface area contributed by atoms with Gasteiger partial charge in [0.25, 0.3) is 5.91 Å². The van der Waals surface area contributed by atoms with Crippen LogP contribution >= 0.6 is 11.6 Å². The standard InChI is InChI=1S/C14H19ClN2O2/c1-11-12(3-2-4-13(11)15)14(19)17-7-5-16(6-8-17)9-10-18/h2-4,18H,5-10H2,1H3. The number of carbonyl (C=O) groups is 1. The summed E-state index contributed by atoms with van der Waals surface area (Å²) in [6, 6.07) is 5.43. The zero-order valence-corrected chi connectivity index (χ0v) is 11.9. The third-order valence-electron chi connectivity index (χ3n) is 3.57. The topological polar surface area (TPSA) is 43.8 Å². The van der Waals surface area contributed by atoms with Crippen LogP contribution in [0.15, 0.2) is 18.2 Å². The largest absolute Gasteiger partial charge is 0.395 e. The number of aliphatic hydroxyl groups excluding tert-OH is 1. The van der Waals surface area contributed by atoms with Gasteiger partial charge in [-0.25, -0.2) is 0 Å². The van der Waals surface area contributed by atoms with Crippen LogP contribution in [0.25, 0.3) is 0 Å². The fourth-order valence-corrected chi connectivity index (χ4v) is 2.50. The normalized spacial score (nSPS) is 16.7. The molecule has 4 nitrogen and oxygen atoms in total. The highest BCUT2D eigenvalue weighted by Gasteiger charge is 2.23. The average Bonchev–Trinajstić information content (AvgIpc) is 2.42. The molecule has 5 heteroatoms. The number of piperazine rings is 1. The van der Waals surface area contributed by atoms with Crippen molar-refractivity contribution in [2.24, 2.45) is 0 Å². The number of halogens is 1. The first-order chi connectivity index (χ1) is 9.13. The van der Waals surface area contributed by atoms with Crippen LogP contribution in [-0.2, 0) is 0 Å². The maximum Gasteiger partial charge on any atom is 0.254 e. The Morgan fingerprint density at radius 3 is 2.63 bits per heavy atom. The number of β-amino-alcohol motifs (C(OH)–C–C–N with tert-alkyl or cyclic N) is 1. The Kier molecular flexibility index (Phi) is 4.80. The Balaban J connectivity index is 2.03. The molecular formula is C14H19ClN2O2. The van der Waals surface area contributed by atoms with Gasteiger partial charge >= 0.3 is 0 Å². The van der Waals surface area contributed by atoms with Gasteiger partial charge in [0.15, 0.2) is 0 Å². The molecule has 1 aliphatic heterocycles. The summed E-state index contributed by atoms with van der Waals surface area (Å²) in [6.45, 7) is 5.74. The minimum absolute atomic E-state index is 0.0450. The molecule has 0 saturated carbocycles. The van der Waals surface area contributed by atoms with E-state index in [4.69, 9.17) is 16.7 Å². The Hall–Kier alpha value is -1.10. The smallest absolute Gasteiger partial charge is 0.254 e. The van der Waals surface area contributed by atoms with E-state index in [-0.39, 0.29) is 12.5 Å². The average molecular weight is 283 g/mol. The van der Waals surface area contributed by atoms with Crippen molar-refractivity contribution < 1.29 is 9.90 Å². The predicted octanol–water partition coefficient (Wildman–Crippen LogP) is 1.40. The van der Waals surface area contributed by atoms with Gasteiger partial charge in [-0.15, -0.1) is 0 Å². The molecule has 19 heavy (non-hydrogen) atoms. The highest BCUT2D eigenvalue weighted by molar-refractivity contribution is 6.31. The van der Waals surface area contributed by atoms with Crippen molar-refractivity contribution in [2.45, 2.75) is 6.92 Å². The van der Waals surface area contributed by atoms with E-state index < -0.39 is 0 Å². The van der Waals surface area contributed by atoms with Gasteiger partial charge in [-0.3, -0.25) is 9.69 Å². The van der Waals surface area contributed by atoms with Crippen LogP contribution in [0.4, 0.5) is 0 Å². The van der Waals surface area contributed by atoms with Gasteiger partial charge in [-0.05, 0) is 24.6 Å². The van der Waals surface area contributed by atoms with Gasteiger partial charge in [-0.1, -0.05) is 17.7 Å². The predicted molar refractivity (Wildman–Crippen MR) is 75.6 cm³/mol. The Morgan fingerprint density at radius 1 is 1.32 bits per heavy atom. The Labute approximate surface area is 118 Å². The van der Waals surface area contributed by atoms with Gasteiger partial charge in [0.2, 0.25) is 0 Å². The summed E-state index contributed by atoms with van der Waals surface area (Å²) in [7, 11) is 0. The van der Waals surface area contributed by atoms with E-state index in [2.05, 4.69) is 4.90 Å². The Bertz CT molecular complexity index is 457. The molecule has 1 heterocycles. The number of hydrogen-bond donors (Lipinski definition) is 1. The fourth-order valence-electron chi connectivity index (χ4n) is 2.33. The molecule has 0 unspecified atom stereocenters. The van der Waals surface area contributed by atoms with E-state index >= 15 is 0 Å². The first-order valence-corrected chi connectivity index (χ1v) is 6.89. The summed E-state index contributed by atoms with van der Waals surface area (Å²) in [5.41, 5.74) is 1.52. The van der Waals surface area contributed by atoms with Crippen LogP contribution < -0.4 is 0 Å². The number of amides is 1. The van der Waals surface area contributed by atoms with Crippen LogP contribution in [-0.4, -0.2) is 60.1 Å². The second-order valence-corrected chi connectivity index (χ2v) is 5.18. The molecule has 0 radical (unpaired) electrons. The first-order valence-electron chi connectivity index (χ1n) is 6.51. The molecule has 1 aromatic carbocycles. The lowest BCUT2D eigenvalue weighted by molar-refractivity contribution is 0.0614. The monoisotopic (exact) mass is 282 g/mol. The van der Waals surface area contributed by atoms with E-state index in [1.807, 2.05) is 24.0 Å². The Morgan fingerprint density at radius 2 is 2.00 bits per heavy atom. The maximum absolute atomic E-state index is 12.4.